The van der Waals surface area contributed by atoms with E-state index in [0.717, 1.165) is 29.5 Å². The van der Waals surface area contributed by atoms with Gasteiger partial charge in [-0.2, -0.15) is 0 Å². The molecular weight excluding hydrogens is 244 g/mol. The molecule has 0 bridgehead atoms. The molecule has 2 aromatic rings. The first-order valence-electron chi connectivity index (χ1n) is 6.07. The van der Waals surface area contributed by atoms with E-state index in [2.05, 4.69) is 17.2 Å². The van der Waals surface area contributed by atoms with Crippen LogP contribution in [0.25, 0.3) is 0 Å². The van der Waals surface area contributed by atoms with Gasteiger partial charge in [0.25, 0.3) is 0 Å². The zero-order chi connectivity index (χ0) is 12.8. The Kier molecular flexibility index (Phi) is 4.73. The number of aromatic nitrogens is 1. The molecule has 3 nitrogen and oxygen atoms in total. The molecule has 0 fully saturated rings. The summed E-state index contributed by atoms with van der Waals surface area (Å²) in [4.78, 5) is 5.78. The van der Waals surface area contributed by atoms with E-state index in [9.17, 15) is 0 Å². The maximum atomic E-state index is 5.59. The number of benzene rings is 1. The fourth-order valence-electron chi connectivity index (χ4n) is 1.57. The topological polar surface area (TPSA) is 34.2 Å². The lowest BCUT2D eigenvalue weighted by Gasteiger charge is -2.06. The zero-order valence-electron chi connectivity index (χ0n) is 10.8. The first kappa shape index (κ1) is 13.1. The molecule has 0 aliphatic rings. The smallest absolute Gasteiger partial charge is 0.119 e. The molecule has 1 aromatic heterocycles. The number of thiazole rings is 1. The summed E-state index contributed by atoms with van der Waals surface area (Å²) in [6, 6.07) is 9.87. The van der Waals surface area contributed by atoms with Crippen molar-refractivity contribution >= 4 is 11.3 Å². The number of hydrogen-bond acceptors (Lipinski definition) is 4. The van der Waals surface area contributed by atoms with Gasteiger partial charge in [-0.05, 0) is 26.0 Å². The van der Waals surface area contributed by atoms with Crippen molar-refractivity contribution in [3.8, 4) is 5.75 Å². The van der Waals surface area contributed by atoms with Gasteiger partial charge in [0.1, 0.15) is 17.4 Å². The molecule has 0 amide bonds. The van der Waals surface area contributed by atoms with Crippen LogP contribution in [-0.4, -0.2) is 18.1 Å². The lowest BCUT2D eigenvalue weighted by atomic mass is 10.3. The molecule has 96 valence electrons. The molecule has 2 rings (SSSR count). The molecule has 18 heavy (non-hydrogen) atoms. The Balaban J connectivity index is 1.64. The molecule has 1 heterocycles. The highest BCUT2D eigenvalue weighted by atomic mass is 32.1. The van der Waals surface area contributed by atoms with Crippen LogP contribution in [0.5, 0.6) is 5.75 Å². The van der Waals surface area contributed by atoms with E-state index in [1.54, 1.807) is 11.3 Å². The summed E-state index contributed by atoms with van der Waals surface area (Å²) in [5.41, 5.74) is 1.14. The quantitative estimate of drug-likeness (QED) is 0.813. The van der Waals surface area contributed by atoms with Crippen molar-refractivity contribution in [2.75, 3.05) is 13.2 Å². The van der Waals surface area contributed by atoms with Crippen molar-refractivity contribution in [1.82, 2.24) is 10.3 Å². The highest BCUT2D eigenvalue weighted by molar-refractivity contribution is 7.11. The Labute approximate surface area is 112 Å². The third kappa shape index (κ3) is 3.82. The summed E-state index contributed by atoms with van der Waals surface area (Å²) in [6.07, 6.45) is 0. The Morgan fingerprint density at radius 3 is 2.67 bits per heavy atom. The summed E-state index contributed by atoms with van der Waals surface area (Å²) >= 11 is 1.75. The minimum Gasteiger partial charge on any atom is -0.492 e. The molecule has 0 saturated carbocycles. The Bertz CT molecular complexity index is 462. The molecule has 0 unspecified atom stereocenters. The number of nitrogens with zero attached hydrogens (tertiary/aromatic N) is 1. The summed E-state index contributed by atoms with van der Waals surface area (Å²) < 4.78 is 5.59. The minimum absolute atomic E-state index is 0.674. The van der Waals surface area contributed by atoms with E-state index in [0.29, 0.717) is 6.61 Å². The van der Waals surface area contributed by atoms with Gasteiger partial charge in [0, 0.05) is 18.0 Å². The Hall–Kier alpha value is -1.39. The number of para-hydroxylation sites is 1. The van der Waals surface area contributed by atoms with Crippen LogP contribution in [0.15, 0.2) is 30.3 Å². The molecule has 0 aliphatic carbocycles. The SMILES string of the molecule is Cc1nc(CNCCOc2ccccc2)sc1C. The second-order valence-electron chi connectivity index (χ2n) is 4.09. The summed E-state index contributed by atoms with van der Waals surface area (Å²) in [6.45, 7) is 6.47. The van der Waals surface area contributed by atoms with E-state index < -0.39 is 0 Å². The summed E-state index contributed by atoms with van der Waals surface area (Å²) in [5.74, 6) is 0.917. The van der Waals surface area contributed by atoms with Crippen LogP contribution in [0.4, 0.5) is 0 Å². The largest absolute Gasteiger partial charge is 0.492 e. The molecule has 0 spiro atoms. The zero-order valence-corrected chi connectivity index (χ0v) is 11.6. The maximum absolute atomic E-state index is 5.59. The molecule has 0 radical (unpaired) electrons. The van der Waals surface area contributed by atoms with E-state index >= 15 is 0 Å². The van der Waals surface area contributed by atoms with Gasteiger partial charge in [-0.3, -0.25) is 0 Å². The van der Waals surface area contributed by atoms with Crippen molar-refractivity contribution < 1.29 is 4.74 Å². The molecule has 1 N–H and O–H groups in total. The van der Waals surface area contributed by atoms with Gasteiger partial charge < -0.3 is 10.1 Å². The lowest BCUT2D eigenvalue weighted by molar-refractivity contribution is 0.313. The predicted molar refractivity (Wildman–Crippen MR) is 75.2 cm³/mol. The highest BCUT2D eigenvalue weighted by Gasteiger charge is 2.02. The molecule has 0 atom stereocenters. The molecule has 0 saturated heterocycles. The van der Waals surface area contributed by atoms with Crippen molar-refractivity contribution in [1.29, 1.82) is 0 Å². The third-order valence-electron chi connectivity index (χ3n) is 2.64. The molecule has 4 heteroatoms. The normalized spacial score (nSPS) is 10.6. The van der Waals surface area contributed by atoms with E-state index in [1.807, 2.05) is 37.3 Å². The van der Waals surface area contributed by atoms with Crippen LogP contribution in [0, 0.1) is 13.8 Å². The lowest BCUT2D eigenvalue weighted by Crippen LogP contribution is -2.20. The number of rotatable bonds is 6. The van der Waals surface area contributed by atoms with Crippen molar-refractivity contribution in [3.05, 3.63) is 45.9 Å². The van der Waals surface area contributed by atoms with E-state index in [-0.39, 0.29) is 0 Å². The molecule has 1 aromatic carbocycles. The summed E-state index contributed by atoms with van der Waals surface area (Å²) in [5, 5.41) is 4.48. The van der Waals surface area contributed by atoms with Gasteiger partial charge in [-0.25, -0.2) is 4.98 Å². The van der Waals surface area contributed by atoms with Crippen molar-refractivity contribution in [2.24, 2.45) is 0 Å². The molecule has 0 aliphatic heterocycles. The van der Waals surface area contributed by atoms with Gasteiger partial charge in [-0.1, -0.05) is 18.2 Å². The average molecular weight is 262 g/mol. The number of hydrogen-bond donors (Lipinski definition) is 1. The third-order valence-corrected chi connectivity index (χ3v) is 3.71. The van der Waals surface area contributed by atoms with Crippen LogP contribution in [-0.2, 0) is 6.54 Å². The van der Waals surface area contributed by atoms with Crippen molar-refractivity contribution in [2.45, 2.75) is 20.4 Å². The Morgan fingerprint density at radius 1 is 1.22 bits per heavy atom. The average Bonchev–Trinajstić information content (AvgIpc) is 2.70. The maximum Gasteiger partial charge on any atom is 0.119 e. The first-order chi connectivity index (χ1) is 8.75. The number of nitrogens with one attached hydrogen (secondary N) is 1. The van der Waals surface area contributed by atoms with Crippen LogP contribution in [0.3, 0.4) is 0 Å². The van der Waals surface area contributed by atoms with Crippen LogP contribution < -0.4 is 10.1 Å². The van der Waals surface area contributed by atoms with Crippen LogP contribution in [0.2, 0.25) is 0 Å². The number of ether oxygens (including phenoxy) is 1. The van der Waals surface area contributed by atoms with Gasteiger partial charge >= 0.3 is 0 Å². The summed E-state index contributed by atoms with van der Waals surface area (Å²) in [7, 11) is 0. The second kappa shape index (κ2) is 6.52. The van der Waals surface area contributed by atoms with Gasteiger partial charge in [0.2, 0.25) is 0 Å². The fourth-order valence-corrected chi connectivity index (χ4v) is 2.47. The predicted octanol–water partition coefficient (Wildman–Crippen LogP) is 2.93. The highest BCUT2D eigenvalue weighted by Crippen LogP contribution is 2.15. The minimum atomic E-state index is 0.674. The van der Waals surface area contributed by atoms with Crippen LogP contribution >= 0.6 is 11.3 Å². The monoisotopic (exact) mass is 262 g/mol. The fraction of sp³-hybridized carbons (Fsp3) is 0.357. The molecular formula is C14H18N2OS. The standard InChI is InChI=1S/C14H18N2OS/c1-11-12(2)18-14(16-11)10-15-8-9-17-13-6-4-3-5-7-13/h3-7,15H,8-10H2,1-2H3. The second-order valence-corrected chi connectivity index (χ2v) is 5.38. The number of aryl methyl sites for hydroxylation is 2. The van der Waals surface area contributed by atoms with E-state index in [1.165, 1.54) is 4.88 Å². The van der Waals surface area contributed by atoms with Gasteiger partial charge in [0.15, 0.2) is 0 Å². The Morgan fingerprint density at radius 2 is 2.00 bits per heavy atom. The van der Waals surface area contributed by atoms with Crippen LogP contribution in [0.1, 0.15) is 15.6 Å². The van der Waals surface area contributed by atoms with E-state index in [4.69, 9.17) is 4.74 Å². The first-order valence-corrected chi connectivity index (χ1v) is 6.89. The van der Waals surface area contributed by atoms with Gasteiger partial charge in [0.05, 0.1) is 5.69 Å². The van der Waals surface area contributed by atoms with Gasteiger partial charge in [-0.15, -0.1) is 11.3 Å². The van der Waals surface area contributed by atoms with Crippen molar-refractivity contribution in [3.63, 3.8) is 0 Å².